The third-order valence-corrected chi connectivity index (χ3v) is 1.83. The highest BCUT2D eigenvalue weighted by molar-refractivity contribution is 9.11. The molecule has 0 aromatic rings. The van der Waals surface area contributed by atoms with Gasteiger partial charge in [-0.05, 0) is 4.99 Å². The van der Waals surface area contributed by atoms with Crippen LogP contribution in [-0.2, 0) is 4.74 Å². The van der Waals surface area contributed by atoms with Crippen LogP contribution in [0.2, 0.25) is 0 Å². The van der Waals surface area contributed by atoms with Crippen LogP contribution in [0.5, 0.6) is 0 Å². The van der Waals surface area contributed by atoms with E-state index in [1.54, 1.807) is 11.2 Å². The summed E-state index contributed by atoms with van der Waals surface area (Å²) in [7, 11) is 0. The highest BCUT2D eigenvalue weighted by Crippen LogP contribution is 2.13. The number of alkyl halides is 1. The Kier molecular flexibility index (Phi) is 3.29. The Morgan fingerprint density at radius 2 is 2.36 bits per heavy atom. The fourth-order valence-corrected chi connectivity index (χ4v) is 1.24. The van der Waals surface area contributed by atoms with Crippen LogP contribution >= 0.6 is 15.9 Å². The van der Waals surface area contributed by atoms with Crippen molar-refractivity contribution in [1.29, 1.82) is 0 Å². The summed E-state index contributed by atoms with van der Waals surface area (Å²) in [5, 5.41) is 1.31. The molecule has 1 heterocycles. The van der Waals surface area contributed by atoms with E-state index in [-0.39, 0.29) is 12.6 Å². The van der Waals surface area contributed by atoms with E-state index in [9.17, 15) is 4.39 Å². The summed E-state index contributed by atoms with van der Waals surface area (Å²) in [6.07, 6.45) is 0.579. The van der Waals surface area contributed by atoms with E-state index in [1.807, 2.05) is 0 Å². The quantitative estimate of drug-likeness (QED) is 0.557. The van der Waals surface area contributed by atoms with Gasteiger partial charge in [-0.2, -0.15) is 0 Å². The number of ether oxygens (including phenoxy) is 1. The Bertz CT molecular complexity index is 156. The maximum absolute atomic E-state index is 12.9. The molecule has 1 aliphatic rings. The summed E-state index contributed by atoms with van der Waals surface area (Å²) >= 11 is 3.05. The van der Waals surface area contributed by atoms with Gasteiger partial charge in [0.15, 0.2) is 0 Å². The van der Waals surface area contributed by atoms with Crippen molar-refractivity contribution < 1.29 is 9.13 Å². The molecule has 0 saturated carbocycles. The lowest BCUT2D eigenvalue weighted by Gasteiger charge is -2.21. The fourth-order valence-electron chi connectivity index (χ4n) is 0.965. The lowest BCUT2D eigenvalue weighted by atomic mass is 10.2. The molecule has 3 nitrogen and oxygen atoms in total. The second kappa shape index (κ2) is 4.04. The van der Waals surface area contributed by atoms with Crippen LogP contribution in [0.25, 0.3) is 0 Å². The Balaban J connectivity index is 2.45. The minimum Gasteiger partial charge on any atom is -0.376 e. The maximum Gasteiger partial charge on any atom is 0.147 e. The van der Waals surface area contributed by atoms with Crippen LogP contribution in [0, 0.1) is 0 Å². The molecule has 1 saturated heterocycles. The monoisotopic (exact) mass is 224 g/mol. The van der Waals surface area contributed by atoms with Crippen LogP contribution in [0.15, 0.2) is 11.2 Å². The van der Waals surface area contributed by atoms with Crippen molar-refractivity contribution in [2.24, 2.45) is 5.84 Å². The van der Waals surface area contributed by atoms with Gasteiger partial charge in [0.05, 0.1) is 13.2 Å². The van der Waals surface area contributed by atoms with Gasteiger partial charge in [0.1, 0.15) is 12.2 Å². The lowest BCUT2D eigenvalue weighted by molar-refractivity contribution is 0.167. The van der Waals surface area contributed by atoms with Gasteiger partial charge in [-0.3, -0.25) is 0 Å². The number of halogens is 2. The highest BCUT2D eigenvalue weighted by atomic mass is 79.9. The molecular formula is C6H10BrFN2O. The summed E-state index contributed by atoms with van der Waals surface area (Å²) in [6.45, 7) is 0.503. The Morgan fingerprint density at radius 3 is 2.82 bits per heavy atom. The molecule has 0 aromatic heterocycles. The average Bonchev–Trinajstić information content (AvgIpc) is 2.36. The first-order chi connectivity index (χ1) is 5.25. The van der Waals surface area contributed by atoms with Crippen LogP contribution in [0.4, 0.5) is 4.39 Å². The van der Waals surface area contributed by atoms with Gasteiger partial charge in [0.25, 0.3) is 0 Å². The van der Waals surface area contributed by atoms with Crippen LogP contribution < -0.4 is 5.84 Å². The molecule has 0 amide bonds. The SMILES string of the molecule is NN(/C=C/Br)C1COC[C@@H]1F. The molecule has 1 aliphatic heterocycles. The zero-order valence-electron chi connectivity index (χ0n) is 5.91. The molecule has 0 bridgehead atoms. The molecule has 5 heteroatoms. The second-order valence-corrected chi connectivity index (χ2v) is 2.87. The molecule has 0 radical (unpaired) electrons. The predicted octanol–water partition coefficient (Wildman–Crippen LogP) is 0.765. The van der Waals surface area contributed by atoms with E-state index in [2.05, 4.69) is 15.9 Å². The molecule has 0 aromatic carbocycles. The van der Waals surface area contributed by atoms with E-state index in [4.69, 9.17) is 10.6 Å². The van der Waals surface area contributed by atoms with Gasteiger partial charge in [-0.1, -0.05) is 15.9 Å². The van der Waals surface area contributed by atoms with E-state index in [0.29, 0.717) is 6.61 Å². The van der Waals surface area contributed by atoms with E-state index >= 15 is 0 Å². The molecule has 11 heavy (non-hydrogen) atoms. The lowest BCUT2D eigenvalue weighted by Crippen LogP contribution is -2.42. The standard InChI is InChI=1S/C6H10BrFN2O/c7-1-2-10(9)6-4-11-3-5(6)8/h1-2,5-6H,3-4,9H2/b2-1+/t5-,6?/m0/s1. The van der Waals surface area contributed by atoms with Gasteiger partial charge in [-0.15, -0.1) is 0 Å². The molecular weight excluding hydrogens is 215 g/mol. The zero-order chi connectivity index (χ0) is 8.27. The smallest absolute Gasteiger partial charge is 0.147 e. The minimum atomic E-state index is -0.983. The summed E-state index contributed by atoms with van der Waals surface area (Å²) in [6, 6.07) is -0.344. The topological polar surface area (TPSA) is 38.5 Å². The van der Waals surface area contributed by atoms with E-state index in [0.717, 1.165) is 0 Å². The number of nitrogens with two attached hydrogens (primary N) is 1. The van der Waals surface area contributed by atoms with Crippen LogP contribution in [0.3, 0.4) is 0 Å². The number of nitrogens with zero attached hydrogens (tertiary/aromatic N) is 1. The van der Waals surface area contributed by atoms with E-state index < -0.39 is 6.17 Å². The molecule has 2 N–H and O–H groups in total. The van der Waals surface area contributed by atoms with Crippen LogP contribution in [-0.4, -0.2) is 30.4 Å². The fraction of sp³-hybridized carbons (Fsp3) is 0.667. The Morgan fingerprint density at radius 1 is 1.64 bits per heavy atom. The van der Waals surface area contributed by atoms with E-state index in [1.165, 1.54) is 5.01 Å². The number of hydrazine groups is 1. The van der Waals surface area contributed by atoms with Crippen LogP contribution in [0.1, 0.15) is 0 Å². The molecule has 64 valence electrons. The van der Waals surface area contributed by atoms with Gasteiger partial charge in [-0.25, -0.2) is 10.2 Å². The zero-order valence-corrected chi connectivity index (χ0v) is 7.50. The highest BCUT2D eigenvalue weighted by Gasteiger charge is 2.30. The third-order valence-electron chi connectivity index (χ3n) is 1.59. The third kappa shape index (κ3) is 2.15. The van der Waals surface area contributed by atoms with Gasteiger partial charge in [0, 0.05) is 6.20 Å². The van der Waals surface area contributed by atoms with Crippen molar-refractivity contribution in [1.82, 2.24) is 5.01 Å². The number of hydrogen-bond donors (Lipinski definition) is 1. The summed E-state index contributed by atoms with van der Waals surface area (Å²) < 4.78 is 17.8. The van der Waals surface area contributed by atoms with Crippen molar-refractivity contribution in [2.45, 2.75) is 12.2 Å². The van der Waals surface area contributed by atoms with Crippen molar-refractivity contribution >= 4 is 15.9 Å². The molecule has 1 fully saturated rings. The van der Waals surface area contributed by atoms with Gasteiger partial charge in [0.2, 0.25) is 0 Å². The Labute approximate surface area is 73.1 Å². The molecule has 1 rings (SSSR count). The summed E-state index contributed by atoms with van der Waals surface area (Å²) in [4.78, 5) is 1.58. The maximum atomic E-state index is 12.9. The second-order valence-electron chi connectivity index (χ2n) is 2.34. The normalized spacial score (nSPS) is 31.5. The first-order valence-corrected chi connectivity index (χ1v) is 4.19. The molecule has 0 aliphatic carbocycles. The molecule has 1 unspecified atom stereocenters. The first kappa shape index (κ1) is 8.96. The first-order valence-electron chi connectivity index (χ1n) is 3.27. The van der Waals surface area contributed by atoms with Gasteiger partial charge >= 0.3 is 0 Å². The average molecular weight is 225 g/mol. The van der Waals surface area contributed by atoms with Crippen molar-refractivity contribution in [3.8, 4) is 0 Å². The molecule has 2 atom stereocenters. The number of hydrogen-bond acceptors (Lipinski definition) is 3. The predicted molar refractivity (Wildman–Crippen MR) is 43.6 cm³/mol. The molecule has 0 spiro atoms. The minimum absolute atomic E-state index is 0.147. The van der Waals surface area contributed by atoms with Crippen molar-refractivity contribution in [2.75, 3.05) is 13.2 Å². The largest absolute Gasteiger partial charge is 0.376 e. The van der Waals surface area contributed by atoms with Crippen molar-refractivity contribution in [3.63, 3.8) is 0 Å². The summed E-state index contributed by atoms with van der Waals surface area (Å²) in [5.41, 5.74) is 0. The van der Waals surface area contributed by atoms with Gasteiger partial charge < -0.3 is 9.75 Å². The Hall–Kier alpha value is -0.130. The summed E-state index contributed by atoms with van der Waals surface area (Å²) in [5.74, 6) is 5.48. The van der Waals surface area contributed by atoms with Crippen molar-refractivity contribution in [3.05, 3.63) is 11.2 Å². The number of rotatable bonds is 2.